The molecule has 0 aliphatic carbocycles. The van der Waals surface area contributed by atoms with Gasteiger partial charge in [-0.3, -0.25) is 13.9 Å². The lowest BCUT2D eigenvalue weighted by Gasteiger charge is -2.30. The predicted octanol–water partition coefficient (Wildman–Crippen LogP) is 4.45. The summed E-state index contributed by atoms with van der Waals surface area (Å²) in [5, 5.41) is 7.35. The summed E-state index contributed by atoms with van der Waals surface area (Å²) in [6.07, 6.45) is 0.858. The maximum absolute atomic E-state index is 12.3. The van der Waals surface area contributed by atoms with Gasteiger partial charge in [0.05, 0.1) is 18.0 Å². The zero-order valence-corrected chi connectivity index (χ0v) is 24.1. The Morgan fingerprint density at radius 1 is 0.950 bits per heavy atom. The third-order valence-electron chi connectivity index (χ3n) is 6.32. The fraction of sp³-hybridized carbons (Fsp3) is 0.192. The Labute approximate surface area is 240 Å². The highest BCUT2D eigenvalue weighted by molar-refractivity contribution is 7.86. The van der Waals surface area contributed by atoms with Crippen LogP contribution in [-0.4, -0.2) is 51.0 Å². The topological polar surface area (TPSA) is 179 Å². The molecule has 5 rings (SSSR count). The third-order valence-corrected chi connectivity index (χ3v) is 9.40. The number of hydrogen-bond acceptors (Lipinski definition) is 8. The highest BCUT2D eigenvalue weighted by atomic mass is 35.5. The van der Waals surface area contributed by atoms with E-state index < -0.39 is 30.0 Å². The molecule has 40 heavy (non-hydrogen) atoms. The molecule has 0 saturated carbocycles. The highest BCUT2D eigenvalue weighted by Gasteiger charge is 2.35. The second kappa shape index (κ2) is 12.6. The van der Waals surface area contributed by atoms with Crippen LogP contribution < -0.4 is 5.32 Å². The number of fused-ring (bicyclic) bond motifs is 2. The van der Waals surface area contributed by atoms with Crippen molar-refractivity contribution in [1.82, 2.24) is 0 Å². The summed E-state index contributed by atoms with van der Waals surface area (Å²) < 4.78 is 67.7. The van der Waals surface area contributed by atoms with E-state index in [1.165, 1.54) is 41.9 Å². The first-order valence-corrected chi connectivity index (χ1v) is 15.6. The molecule has 0 radical (unpaired) electrons. The van der Waals surface area contributed by atoms with Gasteiger partial charge in [-0.2, -0.15) is 16.8 Å². The molecule has 1 aromatic heterocycles. The van der Waals surface area contributed by atoms with E-state index in [1.54, 1.807) is 11.3 Å². The minimum absolute atomic E-state index is 0. The number of carbonyl (C=O) groups is 1. The number of nitrogens with one attached hydrogen (secondary N) is 1. The van der Waals surface area contributed by atoms with Gasteiger partial charge in [0, 0.05) is 22.3 Å². The number of hydrogen-bond donors (Lipinski definition) is 3. The van der Waals surface area contributed by atoms with Gasteiger partial charge in [-0.05, 0) is 53.1 Å². The molecule has 0 bridgehead atoms. The molecule has 0 amide bonds. The fourth-order valence-electron chi connectivity index (χ4n) is 4.60. The second-order valence-electron chi connectivity index (χ2n) is 8.70. The largest absolute Gasteiger partial charge is 0.469 e. The maximum Gasteiger partial charge on any atom is 0.313 e. The highest BCUT2D eigenvalue weighted by Crippen LogP contribution is 2.38. The van der Waals surface area contributed by atoms with Gasteiger partial charge in [0.15, 0.2) is 0 Å². The van der Waals surface area contributed by atoms with Crippen molar-refractivity contribution in [2.75, 3.05) is 19.0 Å². The average Bonchev–Trinajstić information content (AvgIpc) is 3.36. The van der Waals surface area contributed by atoms with Crippen LogP contribution in [0.15, 0.2) is 81.9 Å². The van der Waals surface area contributed by atoms with Gasteiger partial charge in [-0.1, -0.05) is 54.1 Å². The van der Waals surface area contributed by atoms with Crippen molar-refractivity contribution in [2.24, 2.45) is 5.92 Å². The fourth-order valence-corrected chi connectivity index (χ4v) is 7.10. The van der Waals surface area contributed by atoms with Crippen LogP contribution >= 0.6 is 22.9 Å². The number of rotatable bonds is 5. The predicted molar refractivity (Wildman–Crippen MR) is 153 cm³/mol. The number of esters is 1. The first-order valence-electron chi connectivity index (χ1n) is 11.5. The van der Waals surface area contributed by atoms with E-state index in [1.807, 2.05) is 24.3 Å². The molecular formula is C26H26ClNO9S3. The van der Waals surface area contributed by atoms with Crippen LogP contribution in [0.4, 0.5) is 5.00 Å². The summed E-state index contributed by atoms with van der Waals surface area (Å²) in [4.78, 5) is 11.5. The van der Waals surface area contributed by atoms with Crippen LogP contribution in [0.2, 0.25) is 5.02 Å². The SMILES string of the molecule is COC(=O)[C@H](c1ccccc1Cl)C1CNc2sccc2C1.O.O=S(=O)(O)c1cccc2c(S(=O)(=O)O)cccc12. The zero-order chi connectivity index (χ0) is 28.4. The summed E-state index contributed by atoms with van der Waals surface area (Å²) >= 11 is 7.99. The van der Waals surface area contributed by atoms with E-state index in [0.717, 1.165) is 30.7 Å². The van der Waals surface area contributed by atoms with Crippen LogP contribution in [0.5, 0.6) is 0 Å². The van der Waals surface area contributed by atoms with Crippen LogP contribution in [0.3, 0.4) is 0 Å². The number of methoxy groups -OCH3 is 1. The number of ether oxygens (including phenoxy) is 1. The normalized spacial score (nSPS) is 15.4. The Kier molecular flexibility index (Phi) is 9.95. The maximum atomic E-state index is 12.3. The number of thiophene rings is 1. The molecule has 3 aromatic carbocycles. The Morgan fingerprint density at radius 3 is 2.05 bits per heavy atom. The molecule has 0 fully saturated rings. The van der Waals surface area contributed by atoms with Crippen molar-refractivity contribution < 1.29 is 40.9 Å². The standard InChI is InChI=1S/C16H16ClNO2S.C10H8O6S2.H2O/c1-20-16(19)14(12-4-2-3-5-13(12)17)11-8-10-6-7-21-15(10)18-9-11;11-17(12,13)9-5-1-3-7-8(9)4-2-6-10(7)18(14,15)16;/h2-7,11,14,18H,8-9H2,1H3;1-6H,(H,11,12,13)(H,14,15,16);1H2/t11?,14-;;/m0../s1. The van der Waals surface area contributed by atoms with Gasteiger partial charge in [0.25, 0.3) is 20.2 Å². The van der Waals surface area contributed by atoms with Gasteiger partial charge in [-0.25, -0.2) is 0 Å². The summed E-state index contributed by atoms with van der Waals surface area (Å²) in [6, 6.07) is 17.1. The molecule has 5 N–H and O–H groups in total. The summed E-state index contributed by atoms with van der Waals surface area (Å²) in [5.74, 6) is -0.433. The van der Waals surface area contributed by atoms with E-state index in [-0.39, 0.29) is 34.1 Å². The smallest absolute Gasteiger partial charge is 0.313 e. The molecule has 214 valence electrons. The van der Waals surface area contributed by atoms with Crippen LogP contribution in [0.1, 0.15) is 17.0 Å². The van der Waals surface area contributed by atoms with Gasteiger partial charge < -0.3 is 15.5 Å². The quantitative estimate of drug-likeness (QED) is 0.213. The molecule has 2 heterocycles. The summed E-state index contributed by atoms with van der Waals surface area (Å²) in [5.41, 5.74) is 2.11. The van der Waals surface area contributed by atoms with Gasteiger partial charge >= 0.3 is 5.97 Å². The molecule has 10 nitrogen and oxygen atoms in total. The van der Waals surface area contributed by atoms with Crippen molar-refractivity contribution in [3.05, 3.63) is 88.3 Å². The molecule has 0 spiro atoms. The van der Waals surface area contributed by atoms with E-state index >= 15 is 0 Å². The first-order chi connectivity index (χ1) is 18.4. The van der Waals surface area contributed by atoms with Crippen molar-refractivity contribution in [1.29, 1.82) is 0 Å². The molecular weight excluding hydrogens is 602 g/mol. The Balaban J connectivity index is 0.000000218. The first kappa shape index (κ1) is 31.5. The van der Waals surface area contributed by atoms with Crippen LogP contribution in [-0.2, 0) is 36.2 Å². The Hall–Kier alpha value is -3.04. The number of anilines is 1. The van der Waals surface area contributed by atoms with E-state index in [2.05, 4.69) is 16.8 Å². The lowest BCUT2D eigenvalue weighted by Crippen LogP contribution is -2.32. The van der Waals surface area contributed by atoms with Gasteiger partial charge in [0.1, 0.15) is 9.79 Å². The van der Waals surface area contributed by atoms with Gasteiger partial charge in [0.2, 0.25) is 0 Å². The second-order valence-corrected chi connectivity index (χ2v) is 12.8. The number of carbonyl (C=O) groups excluding carboxylic acids is 1. The zero-order valence-electron chi connectivity index (χ0n) is 20.9. The van der Waals surface area contributed by atoms with E-state index in [9.17, 15) is 21.6 Å². The molecule has 2 atom stereocenters. The minimum atomic E-state index is -4.47. The molecule has 14 heteroatoms. The van der Waals surface area contributed by atoms with Crippen molar-refractivity contribution in [2.45, 2.75) is 22.1 Å². The molecule has 1 aliphatic rings. The Morgan fingerprint density at radius 2 is 1.52 bits per heavy atom. The molecule has 0 saturated heterocycles. The summed E-state index contributed by atoms with van der Waals surface area (Å²) in [6.45, 7) is 0.749. The summed E-state index contributed by atoms with van der Waals surface area (Å²) in [7, 11) is -7.51. The number of halogens is 1. The van der Waals surface area contributed by atoms with Gasteiger partial charge in [-0.15, -0.1) is 11.3 Å². The average molecular weight is 628 g/mol. The van der Waals surface area contributed by atoms with Crippen molar-refractivity contribution in [3.8, 4) is 0 Å². The third kappa shape index (κ3) is 6.81. The molecule has 1 aliphatic heterocycles. The van der Waals surface area contributed by atoms with Crippen LogP contribution in [0.25, 0.3) is 10.8 Å². The lowest BCUT2D eigenvalue weighted by molar-refractivity contribution is -0.143. The lowest BCUT2D eigenvalue weighted by atomic mass is 9.81. The monoisotopic (exact) mass is 627 g/mol. The molecule has 1 unspecified atom stereocenters. The minimum Gasteiger partial charge on any atom is -0.469 e. The van der Waals surface area contributed by atoms with E-state index in [4.69, 9.17) is 25.4 Å². The van der Waals surface area contributed by atoms with Crippen molar-refractivity contribution >= 4 is 64.9 Å². The van der Waals surface area contributed by atoms with E-state index in [0.29, 0.717) is 5.02 Å². The Bertz CT molecular complexity index is 1670. The van der Waals surface area contributed by atoms with Crippen molar-refractivity contribution in [3.63, 3.8) is 0 Å². The van der Waals surface area contributed by atoms with Crippen LogP contribution in [0, 0.1) is 5.92 Å². The molecule has 4 aromatic rings. The number of benzene rings is 3.